The maximum Gasteiger partial charge on any atom is 0.131 e. The summed E-state index contributed by atoms with van der Waals surface area (Å²) in [6.07, 6.45) is 1.62. The lowest BCUT2D eigenvalue weighted by Crippen LogP contribution is -2.17. The molecule has 6 heteroatoms. The average molecular weight is 374 g/mol. The second-order valence-electron chi connectivity index (χ2n) is 6.39. The van der Waals surface area contributed by atoms with Crippen LogP contribution in [0.1, 0.15) is 16.8 Å². The Kier molecular flexibility index (Phi) is 4.74. The third kappa shape index (κ3) is 3.24. The van der Waals surface area contributed by atoms with Crippen molar-refractivity contribution in [2.75, 3.05) is 13.1 Å². The summed E-state index contributed by atoms with van der Waals surface area (Å²) in [6.45, 7) is 1.75. The van der Waals surface area contributed by atoms with Gasteiger partial charge in [0.1, 0.15) is 11.6 Å². The topological polar surface area (TPSA) is 29.9 Å². The predicted octanol–water partition coefficient (Wildman–Crippen LogP) is 4.22. The Labute approximate surface area is 155 Å². The molecule has 3 aromatic rings. The molecule has 1 aliphatic heterocycles. The van der Waals surface area contributed by atoms with Gasteiger partial charge in [0.25, 0.3) is 0 Å². The molecule has 2 aromatic carbocycles. The van der Waals surface area contributed by atoms with Gasteiger partial charge in [-0.05, 0) is 37.2 Å². The van der Waals surface area contributed by atoms with Gasteiger partial charge in [0, 0.05) is 34.7 Å². The van der Waals surface area contributed by atoms with Gasteiger partial charge in [-0.3, -0.25) is 4.68 Å². The van der Waals surface area contributed by atoms with E-state index in [4.69, 9.17) is 16.7 Å². The zero-order valence-corrected chi connectivity index (χ0v) is 14.9. The van der Waals surface area contributed by atoms with E-state index in [2.05, 4.69) is 5.32 Å². The van der Waals surface area contributed by atoms with Crippen molar-refractivity contribution in [2.24, 2.45) is 0 Å². The van der Waals surface area contributed by atoms with Crippen LogP contribution in [0, 0.1) is 11.6 Å². The van der Waals surface area contributed by atoms with Crippen LogP contribution in [0.4, 0.5) is 8.78 Å². The highest BCUT2D eigenvalue weighted by Gasteiger charge is 2.22. The Morgan fingerprint density at radius 2 is 1.69 bits per heavy atom. The van der Waals surface area contributed by atoms with E-state index >= 15 is 0 Å². The summed E-state index contributed by atoms with van der Waals surface area (Å²) in [5, 5.41) is 8.71. The Bertz CT molecular complexity index is 915. The van der Waals surface area contributed by atoms with Crippen LogP contribution < -0.4 is 5.32 Å². The largest absolute Gasteiger partial charge is 0.316 e. The minimum absolute atomic E-state index is 0.0264. The molecule has 0 bridgehead atoms. The minimum Gasteiger partial charge on any atom is -0.316 e. The Hall–Kier alpha value is -2.24. The average Bonchev–Trinajstić information content (AvgIpc) is 2.80. The lowest BCUT2D eigenvalue weighted by molar-refractivity contribution is 0.532. The molecule has 26 heavy (non-hydrogen) atoms. The van der Waals surface area contributed by atoms with Gasteiger partial charge in [-0.25, -0.2) is 8.78 Å². The number of fused-ring (bicyclic) bond motifs is 1. The molecule has 2 heterocycles. The Morgan fingerprint density at radius 3 is 2.42 bits per heavy atom. The van der Waals surface area contributed by atoms with Crippen LogP contribution in [0.5, 0.6) is 0 Å². The second-order valence-corrected chi connectivity index (χ2v) is 6.83. The summed E-state index contributed by atoms with van der Waals surface area (Å²) in [5.74, 6) is -1.11. The van der Waals surface area contributed by atoms with Crippen LogP contribution >= 0.6 is 11.6 Å². The molecule has 3 nitrogen and oxygen atoms in total. The number of rotatable bonds is 3. The number of nitrogens with zero attached hydrogens (tertiary/aromatic N) is 2. The van der Waals surface area contributed by atoms with Gasteiger partial charge < -0.3 is 5.32 Å². The van der Waals surface area contributed by atoms with Gasteiger partial charge in [-0.15, -0.1) is 0 Å². The summed E-state index contributed by atoms with van der Waals surface area (Å²) in [4.78, 5) is 0. The Balaban J connectivity index is 1.85. The molecule has 0 unspecified atom stereocenters. The number of benzene rings is 2. The van der Waals surface area contributed by atoms with E-state index in [0.717, 1.165) is 48.4 Å². The Morgan fingerprint density at radius 1 is 1.00 bits per heavy atom. The number of nitrogens with one attached hydrogen (secondary N) is 1. The van der Waals surface area contributed by atoms with Crippen LogP contribution in [0.3, 0.4) is 0 Å². The van der Waals surface area contributed by atoms with Crippen LogP contribution in [0.15, 0.2) is 42.5 Å². The lowest BCUT2D eigenvalue weighted by Gasteiger charge is -2.12. The molecule has 0 aliphatic carbocycles. The maximum absolute atomic E-state index is 14.2. The van der Waals surface area contributed by atoms with E-state index in [9.17, 15) is 8.78 Å². The first-order valence-corrected chi connectivity index (χ1v) is 8.99. The first-order valence-electron chi connectivity index (χ1n) is 8.61. The van der Waals surface area contributed by atoms with Gasteiger partial charge in [0.2, 0.25) is 0 Å². The third-order valence-corrected chi connectivity index (χ3v) is 4.96. The predicted molar refractivity (Wildman–Crippen MR) is 98.4 cm³/mol. The summed E-state index contributed by atoms with van der Waals surface area (Å²) in [5.41, 5.74) is 3.99. The molecule has 0 fully saturated rings. The highest BCUT2D eigenvalue weighted by molar-refractivity contribution is 6.30. The molecule has 0 spiro atoms. The first-order chi connectivity index (χ1) is 12.6. The van der Waals surface area contributed by atoms with E-state index < -0.39 is 11.6 Å². The molecule has 1 aromatic heterocycles. The van der Waals surface area contributed by atoms with Crippen LogP contribution in [-0.2, 0) is 19.4 Å². The van der Waals surface area contributed by atoms with Crippen molar-refractivity contribution in [3.63, 3.8) is 0 Å². The normalized spacial score (nSPS) is 14.1. The van der Waals surface area contributed by atoms with Gasteiger partial charge in [0.15, 0.2) is 0 Å². The van der Waals surface area contributed by atoms with Gasteiger partial charge >= 0.3 is 0 Å². The standard InChI is InChI=1S/C20H18ClF2N3/c21-14-6-4-13(5-7-14)20-15-8-10-24-11-9-19(15)25-26(20)12-16-17(22)2-1-3-18(16)23/h1-7,24H,8-12H2. The summed E-state index contributed by atoms with van der Waals surface area (Å²) < 4.78 is 30.0. The molecular formula is C20H18ClF2N3. The monoisotopic (exact) mass is 373 g/mol. The van der Waals surface area contributed by atoms with Gasteiger partial charge in [-0.2, -0.15) is 5.10 Å². The molecule has 0 amide bonds. The lowest BCUT2D eigenvalue weighted by atomic mass is 10.0. The van der Waals surface area contributed by atoms with Crippen molar-refractivity contribution < 1.29 is 8.78 Å². The number of halogens is 3. The molecule has 1 aliphatic rings. The van der Waals surface area contributed by atoms with Crippen molar-refractivity contribution in [1.82, 2.24) is 15.1 Å². The highest BCUT2D eigenvalue weighted by atomic mass is 35.5. The molecule has 1 N–H and O–H groups in total. The number of hydrogen-bond acceptors (Lipinski definition) is 2. The van der Waals surface area contributed by atoms with Crippen LogP contribution in [0.2, 0.25) is 5.02 Å². The van der Waals surface area contributed by atoms with Gasteiger partial charge in [0.05, 0.1) is 17.9 Å². The zero-order chi connectivity index (χ0) is 18.1. The SMILES string of the molecule is Fc1cccc(F)c1Cn1nc2c(c1-c1ccc(Cl)cc1)CCNCC2. The van der Waals surface area contributed by atoms with Crippen molar-refractivity contribution >= 4 is 11.6 Å². The number of hydrogen-bond donors (Lipinski definition) is 1. The molecule has 0 radical (unpaired) electrons. The summed E-state index contributed by atoms with van der Waals surface area (Å²) >= 11 is 6.02. The molecule has 4 rings (SSSR count). The maximum atomic E-state index is 14.2. The quantitative estimate of drug-likeness (QED) is 0.745. The van der Waals surface area contributed by atoms with E-state index in [1.807, 2.05) is 24.3 Å². The smallest absolute Gasteiger partial charge is 0.131 e. The summed E-state index contributed by atoms with van der Waals surface area (Å²) in [7, 11) is 0. The molecule has 134 valence electrons. The fourth-order valence-electron chi connectivity index (χ4n) is 3.44. The fraction of sp³-hybridized carbons (Fsp3) is 0.250. The minimum atomic E-state index is -0.556. The fourth-order valence-corrected chi connectivity index (χ4v) is 3.56. The van der Waals surface area contributed by atoms with Crippen molar-refractivity contribution in [1.29, 1.82) is 0 Å². The first kappa shape index (κ1) is 17.2. The number of aromatic nitrogens is 2. The van der Waals surface area contributed by atoms with E-state index in [1.54, 1.807) is 4.68 Å². The zero-order valence-electron chi connectivity index (χ0n) is 14.1. The van der Waals surface area contributed by atoms with Crippen LogP contribution in [-0.4, -0.2) is 22.9 Å². The molecular weight excluding hydrogens is 356 g/mol. The van der Waals surface area contributed by atoms with E-state index in [-0.39, 0.29) is 12.1 Å². The van der Waals surface area contributed by atoms with E-state index in [0.29, 0.717) is 5.02 Å². The van der Waals surface area contributed by atoms with Crippen LogP contribution in [0.25, 0.3) is 11.3 Å². The van der Waals surface area contributed by atoms with Crippen molar-refractivity contribution in [3.8, 4) is 11.3 Å². The third-order valence-electron chi connectivity index (χ3n) is 4.71. The second kappa shape index (κ2) is 7.17. The van der Waals surface area contributed by atoms with E-state index in [1.165, 1.54) is 18.2 Å². The van der Waals surface area contributed by atoms with Crippen molar-refractivity contribution in [2.45, 2.75) is 19.4 Å². The summed E-state index contributed by atoms with van der Waals surface area (Å²) in [6, 6.07) is 11.4. The molecule has 0 saturated carbocycles. The van der Waals surface area contributed by atoms with Gasteiger partial charge in [-0.1, -0.05) is 29.8 Å². The molecule has 0 atom stereocenters. The highest BCUT2D eigenvalue weighted by Crippen LogP contribution is 2.30. The van der Waals surface area contributed by atoms with Crippen molar-refractivity contribution in [3.05, 3.63) is 75.9 Å². The molecule has 0 saturated heterocycles.